The van der Waals surface area contributed by atoms with Crippen molar-refractivity contribution in [3.05, 3.63) is 224 Å². The van der Waals surface area contributed by atoms with Gasteiger partial charge in [-0.3, -0.25) is 0 Å². The van der Waals surface area contributed by atoms with E-state index in [1.165, 1.54) is 165 Å². The van der Waals surface area contributed by atoms with Crippen LogP contribution in [0.4, 0.5) is 0 Å². The Hall–Kier alpha value is -6.94. The first-order valence-electron chi connectivity index (χ1n) is 29.0. The van der Waals surface area contributed by atoms with E-state index < -0.39 is 0 Å². The molecule has 0 atom stereocenters. The van der Waals surface area contributed by atoms with E-state index >= 15 is 0 Å². The zero-order valence-corrected chi connectivity index (χ0v) is 50.0. The highest BCUT2D eigenvalue weighted by Crippen LogP contribution is 2.39. The van der Waals surface area contributed by atoms with Crippen LogP contribution in [0.5, 0.6) is 5.75 Å². The molecule has 9 aromatic carbocycles. The van der Waals surface area contributed by atoms with Gasteiger partial charge in [0.05, 0.1) is 23.3 Å². The van der Waals surface area contributed by atoms with Crippen LogP contribution >= 0.6 is 12.6 Å². The van der Waals surface area contributed by atoms with Gasteiger partial charge in [-0.1, -0.05) is 247 Å². The second-order valence-electron chi connectivity index (χ2n) is 23.3. The Labute approximate surface area is 479 Å². The van der Waals surface area contributed by atoms with E-state index in [0.29, 0.717) is 6.61 Å². The molecule has 0 aliphatic carbocycles. The SMILES string of the molecule is Cc1cc(C)c(B(c2ccc(-c3ccc4c(c3)c3cc(-c5ccc(B(c6c(C)cc(C)cc6C)c6c(C)cc(C)cc6C)cc5)ccc3n4-c3ccccc3OCCCCCCCCS)cc2)c2c(C)cc(C)cc2C)c(C)c1. The molecule has 0 fully saturated rings. The number of nitrogens with zero attached hydrogens (tertiary/aromatic N) is 1. The molecule has 10 aromatic rings. The minimum atomic E-state index is 0.117. The molecule has 0 aliphatic heterocycles. The average Bonchev–Trinajstić information content (AvgIpc) is 3.99. The van der Waals surface area contributed by atoms with Crippen molar-refractivity contribution in [2.75, 3.05) is 12.4 Å². The molecule has 1 aromatic heterocycles. The molecule has 10 rings (SSSR count). The van der Waals surface area contributed by atoms with Crippen LogP contribution in [-0.4, -0.2) is 30.4 Å². The van der Waals surface area contributed by atoms with Gasteiger partial charge in [0.1, 0.15) is 5.75 Å². The van der Waals surface area contributed by atoms with Crippen molar-refractivity contribution in [1.82, 2.24) is 4.57 Å². The fourth-order valence-electron chi connectivity index (χ4n) is 13.8. The van der Waals surface area contributed by atoms with Crippen LogP contribution < -0.4 is 37.5 Å². The van der Waals surface area contributed by atoms with E-state index in [-0.39, 0.29) is 13.4 Å². The molecule has 0 saturated carbocycles. The molecule has 5 heteroatoms. The molecule has 0 bridgehead atoms. The van der Waals surface area contributed by atoms with Crippen LogP contribution in [0.2, 0.25) is 0 Å². The monoisotopic (exact) mass is 1050 g/mol. The van der Waals surface area contributed by atoms with Gasteiger partial charge in [0.15, 0.2) is 0 Å². The molecular formula is C74H79B2NOS. The highest BCUT2D eigenvalue weighted by molar-refractivity contribution is 7.80. The minimum absolute atomic E-state index is 0.117. The number of ether oxygens (including phenoxy) is 1. The number of fused-ring (bicyclic) bond motifs is 3. The molecule has 0 amide bonds. The van der Waals surface area contributed by atoms with Gasteiger partial charge < -0.3 is 9.30 Å². The Morgan fingerprint density at radius 1 is 0.354 bits per heavy atom. The average molecular weight is 1050 g/mol. The molecule has 2 nitrogen and oxygen atoms in total. The van der Waals surface area contributed by atoms with Crippen molar-refractivity contribution in [1.29, 1.82) is 0 Å². The summed E-state index contributed by atoms with van der Waals surface area (Å²) in [7, 11) is 0. The van der Waals surface area contributed by atoms with Gasteiger partial charge in [-0.15, -0.1) is 0 Å². The summed E-state index contributed by atoms with van der Waals surface area (Å²) < 4.78 is 9.14. The van der Waals surface area contributed by atoms with Gasteiger partial charge in [-0.05, 0) is 160 Å². The highest BCUT2D eigenvalue weighted by atomic mass is 32.1. The van der Waals surface area contributed by atoms with E-state index in [0.717, 1.165) is 34.6 Å². The maximum Gasteiger partial charge on any atom is 0.242 e. The minimum Gasteiger partial charge on any atom is -0.491 e. The van der Waals surface area contributed by atoms with Crippen molar-refractivity contribution in [3.63, 3.8) is 0 Å². The number of aryl methyl sites for hydroxylation is 12. The molecule has 0 aliphatic rings. The molecule has 0 spiro atoms. The maximum atomic E-state index is 6.71. The largest absolute Gasteiger partial charge is 0.491 e. The van der Waals surface area contributed by atoms with E-state index in [2.05, 4.69) is 258 Å². The van der Waals surface area contributed by atoms with Gasteiger partial charge in [-0.25, -0.2) is 0 Å². The second-order valence-corrected chi connectivity index (χ2v) is 23.8. The predicted molar refractivity (Wildman–Crippen MR) is 351 cm³/mol. The number of rotatable bonds is 18. The van der Waals surface area contributed by atoms with Gasteiger partial charge in [0, 0.05) is 10.8 Å². The third-order valence-corrected chi connectivity index (χ3v) is 17.3. The first-order chi connectivity index (χ1) is 38.1. The Balaban J connectivity index is 1.08. The Morgan fingerprint density at radius 2 is 0.684 bits per heavy atom. The number of thiol groups is 1. The second kappa shape index (κ2) is 23.8. The van der Waals surface area contributed by atoms with E-state index in [4.69, 9.17) is 4.74 Å². The summed E-state index contributed by atoms with van der Waals surface area (Å²) in [6.45, 7) is 28.1. The van der Waals surface area contributed by atoms with Gasteiger partial charge in [0.25, 0.3) is 0 Å². The maximum absolute atomic E-state index is 6.71. The lowest BCUT2D eigenvalue weighted by atomic mass is 9.34. The van der Waals surface area contributed by atoms with Gasteiger partial charge in [0.2, 0.25) is 13.4 Å². The number of hydrogen-bond donors (Lipinski definition) is 1. The lowest BCUT2D eigenvalue weighted by Crippen LogP contribution is -2.55. The summed E-state index contributed by atoms with van der Waals surface area (Å²) in [4.78, 5) is 0. The van der Waals surface area contributed by atoms with Crippen LogP contribution in [-0.2, 0) is 0 Å². The van der Waals surface area contributed by atoms with Gasteiger partial charge >= 0.3 is 0 Å². The first-order valence-corrected chi connectivity index (χ1v) is 29.7. The number of unbranched alkanes of at least 4 members (excludes halogenated alkanes) is 5. The van der Waals surface area contributed by atoms with Crippen LogP contribution in [0.3, 0.4) is 0 Å². The van der Waals surface area contributed by atoms with Crippen LogP contribution in [0.1, 0.15) is 105 Å². The third kappa shape index (κ3) is 11.4. The summed E-state index contributed by atoms with van der Waals surface area (Å²) in [5.74, 6) is 1.88. The fourth-order valence-corrected chi connectivity index (χ4v) is 14.0. The molecule has 79 heavy (non-hydrogen) atoms. The van der Waals surface area contributed by atoms with Crippen molar-refractivity contribution < 1.29 is 4.74 Å². The number of aromatic nitrogens is 1. The van der Waals surface area contributed by atoms with Crippen molar-refractivity contribution in [3.8, 4) is 33.7 Å². The smallest absolute Gasteiger partial charge is 0.242 e. The Bertz CT molecular complexity index is 3440. The lowest BCUT2D eigenvalue weighted by molar-refractivity contribution is 0.304. The van der Waals surface area contributed by atoms with E-state index in [1.54, 1.807) is 0 Å². The Kier molecular flexibility index (Phi) is 16.7. The summed E-state index contributed by atoms with van der Waals surface area (Å²) in [5.41, 5.74) is 32.4. The quantitative estimate of drug-likeness (QED) is 0.0514. The number of hydrogen-bond acceptors (Lipinski definition) is 2. The topological polar surface area (TPSA) is 14.2 Å². The standard InChI is InChI=1S/C74H79B2NOS/c1-47-37-51(5)71(52(6)38-47)75(72-53(7)39-48(2)40-54(72)8)63-29-23-59(24-30-63)61-27-33-67-65(45-61)66-46-62(28-34-68(66)77(67)69-21-17-18-22-70(69)78-35-19-15-13-14-16-20-36-79)60-25-31-64(32-26-60)76(73-55(9)41-49(3)42-56(73)10)74-57(11)43-50(4)44-58(74)12/h17-18,21-34,37-46,79H,13-16,19-20,35-36H2,1-12H3. The molecule has 0 radical (unpaired) electrons. The molecule has 1 heterocycles. The van der Waals surface area contributed by atoms with Crippen LogP contribution in [0.25, 0.3) is 49.7 Å². The predicted octanol–water partition coefficient (Wildman–Crippen LogP) is 15.5. The summed E-state index contributed by atoms with van der Waals surface area (Å²) in [6, 6.07) is 60.5. The fraction of sp³-hybridized carbons (Fsp3) is 0.270. The molecule has 0 unspecified atom stereocenters. The lowest BCUT2D eigenvalue weighted by Gasteiger charge is -2.24. The van der Waals surface area contributed by atoms with E-state index in [1.807, 2.05) is 0 Å². The molecular weight excluding hydrogens is 973 g/mol. The zero-order chi connectivity index (χ0) is 55.6. The molecule has 0 N–H and O–H groups in total. The highest BCUT2D eigenvalue weighted by Gasteiger charge is 2.30. The van der Waals surface area contributed by atoms with Crippen molar-refractivity contribution in [2.24, 2.45) is 0 Å². The van der Waals surface area contributed by atoms with Crippen molar-refractivity contribution in [2.45, 2.75) is 122 Å². The third-order valence-electron chi connectivity index (χ3n) is 16.9. The zero-order valence-electron chi connectivity index (χ0n) is 49.1. The number of benzene rings is 9. The molecule has 398 valence electrons. The first kappa shape index (κ1) is 55.4. The van der Waals surface area contributed by atoms with E-state index in [9.17, 15) is 0 Å². The normalized spacial score (nSPS) is 11.5. The van der Waals surface area contributed by atoms with Crippen LogP contribution in [0.15, 0.2) is 158 Å². The Morgan fingerprint density at radius 3 is 1.05 bits per heavy atom. The van der Waals surface area contributed by atoms with Gasteiger partial charge in [-0.2, -0.15) is 12.6 Å². The van der Waals surface area contributed by atoms with Crippen LogP contribution in [0, 0.1) is 83.1 Å². The summed E-state index contributed by atoms with van der Waals surface area (Å²) in [5, 5.41) is 2.44. The molecule has 0 saturated heterocycles. The summed E-state index contributed by atoms with van der Waals surface area (Å²) >= 11 is 4.41. The number of para-hydroxylation sites is 2. The van der Waals surface area contributed by atoms with Crippen molar-refractivity contribution >= 4 is 80.6 Å². The summed E-state index contributed by atoms with van der Waals surface area (Å²) in [6.07, 6.45) is 7.15.